The number of nitrogens with zero attached hydrogens (tertiary/aromatic N) is 2. The fourth-order valence-corrected chi connectivity index (χ4v) is 3.37. The van der Waals surface area contributed by atoms with Gasteiger partial charge in [0.15, 0.2) is 5.78 Å². The summed E-state index contributed by atoms with van der Waals surface area (Å²) < 4.78 is 2.39. The van der Waals surface area contributed by atoms with Gasteiger partial charge in [-0.1, -0.05) is 6.92 Å². The van der Waals surface area contributed by atoms with Gasteiger partial charge in [0.2, 0.25) is 0 Å². The molecule has 0 aromatic carbocycles. The predicted octanol–water partition coefficient (Wildman–Crippen LogP) is 2.80. The van der Waals surface area contributed by atoms with Crippen LogP contribution in [0.15, 0.2) is 6.07 Å². The number of likely N-dealkylation sites (N-methyl/N-ethyl adjacent to an activating group) is 1. The highest BCUT2D eigenvalue weighted by Gasteiger charge is 2.28. The Morgan fingerprint density at radius 2 is 2.16 bits per heavy atom. The van der Waals surface area contributed by atoms with Crippen LogP contribution in [-0.2, 0) is 13.0 Å². The minimum absolute atomic E-state index is 0.345. The Bertz CT molecular complexity index is 485. The van der Waals surface area contributed by atoms with Crippen molar-refractivity contribution in [1.29, 1.82) is 0 Å². The highest BCUT2D eigenvalue weighted by Crippen LogP contribution is 2.28. The molecule has 1 aromatic rings. The first kappa shape index (κ1) is 12.9. The molecule has 0 bridgehead atoms. The van der Waals surface area contributed by atoms with Crippen molar-refractivity contribution in [3.05, 3.63) is 23.0 Å². The Morgan fingerprint density at radius 3 is 2.84 bits per heavy atom. The maximum atomic E-state index is 11.9. The lowest BCUT2D eigenvalue weighted by molar-refractivity contribution is 0.0971. The van der Waals surface area contributed by atoms with Gasteiger partial charge in [-0.15, -0.1) is 0 Å². The van der Waals surface area contributed by atoms with Gasteiger partial charge in [0.1, 0.15) is 0 Å². The van der Waals surface area contributed by atoms with Crippen LogP contribution in [0.3, 0.4) is 0 Å². The smallest absolute Gasteiger partial charge is 0.164 e. The first-order valence-electron chi connectivity index (χ1n) is 7.67. The molecule has 0 spiro atoms. The fraction of sp³-hybridized carbons (Fsp3) is 0.688. The van der Waals surface area contributed by atoms with E-state index in [0.29, 0.717) is 5.78 Å². The molecule has 3 heteroatoms. The number of carbonyl (C=O) groups is 1. The van der Waals surface area contributed by atoms with E-state index in [1.54, 1.807) is 0 Å². The average molecular weight is 260 g/mol. The summed E-state index contributed by atoms with van der Waals surface area (Å²) in [6.45, 7) is 7.70. The molecule has 1 fully saturated rings. The quantitative estimate of drug-likeness (QED) is 0.813. The minimum atomic E-state index is 0.345. The van der Waals surface area contributed by atoms with Crippen molar-refractivity contribution < 1.29 is 4.79 Å². The number of carbonyl (C=O) groups excluding carboxylic acids is 1. The highest BCUT2D eigenvalue weighted by molar-refractivity contribution is 5.98. The molecule has 0 amide bonds. The van der Waals surface area contributed by atoms with Crippen molar-refractivity contribution in [1.82, 2.24) is 9.47 Å². The molecule has 3 nitrogen and oxygen atoms in total. The molecule has 2 aliphatic rings. The maximum Gasteiger partial charge on any atom is 0.164 e. The number of hydrogen-bond acceptors (Lipinski definition) is 2. The van der Waals surface area contributed by atoms with Crippen LogP contribution in [0.5, 0.6) is 0 Å². The van der Waals surface area contributed by atoms with Crippen LogP contribution in [0.1, 0.15) is 54.4 Å². The number of rotatable bonds is 5. The topological polar surface area (TPSA) is 25.2 Å². The van der Waals surface area contributed by atoms with E-state index in [-0.39, 0.29) is 0 Å². The van der Waals surface area contributed by atoms with E-state index in [1.807, 2.05) is 0 Å². The van der Waals surface area contributed by atoms with Crippen LogP contribution < -0.4 is 0 Å². The van der Waals surface area contributed by atoms with Crippen molar-refractivity contribution in [3.8, 4) is 0 Å². The van der Waals surface area contributed by atoms with Crippen LogP contribution in [0.4, 0.5) is 0 Å². The zero-order valence-corrected chi connectivity index (χ0v) is 12.1. The maximum absolute atomic E-state index is 11.9. The first-order chi connectivity index (χ1) is 9.20. The summed E-state index contributed by atoms with van der Waals surface area (Å²) in [6, 6.07) is 2.93. The lowest BCUT2D eigenvalue weighted by Crippen LogP contribution is -2.30. The Balaban J connectivity index is 1.75. The zero-order chi connectivity index (χ0) is 13.4. The van der Waals surface area contributed by atoms with Gasteiger partial charge in [-0.3, -0.25) is 9.69 Å². The molecule has 0 radical (unpaired) electrons. The fourth-order valence-electron chi connectivity index (χ4n) is 3.37. The Hall–Kier alpha value is -1.09. The van der Waals surface area contributed by atoms with Crippen LogP contribution in [0, 0.1) is 6.92 Å². The predicted molar refractivity (Wildman–Crippen MR) is 76.7 cm³/mol. The van der Waals surface area contributed by atoms with Crippen LogP contribution in [0.25, 0.3) is 0 Å². The van der Waals surface area contributed by atoms with Gasteiger partial charge >= 0.3 is 0 Å². The summed E-state index contributed by atoms with van der Waals surface area (Å²) >= 11 is 0. The van der Waals surface area contributed by atoms with Crippen molar-refractivity contribution in [3.63, 3.8) is 0 Å². The SMILES string of the molecule is CCN(CCn1c(C)cc2c1CCCC2=O)C1CC1. The van der Waals surface area contributed by atoms with E-state index < -0.39 is 0 Å². The second kappa shape index (κ2) is 5.12. The molecule has 19 heavy (non-hydrogen) atoms. The second-order valence-electron chi connectivity index (χ2n) is 5.93. The Morgan fingerprint density at radius 1 is 1.37 bits per heavy atom. The molecular weight excluding hydrogens is 236 g/mol. The van der Waals surface area contributed by atoms with Crippen LogP contribution in [0.2, 0.25) is 0 Å². The van der Waals surface area contributed by atoms with Crippen LogP contribution in [-0.4, -0.2) is 34.4 Å². The number of aromatic nitrogens is 1. The van der Waals surface area contributed by atoms with Crippen molar-refractivity contribution in [2.75, 3.05) is 13.1 Å². The molecular formula is C16H24N2O. The molecule has 104 valence electrons. The van der Waals surface area contributed by atoms with Gasteiger partial charge in [0, 0.05) is 42.5 Å². The Kier molecular flexibility index (Phi) is 3.48. The van der Waals surface area contributed by atoms with Gasteiger partial charge in [0.25, 0.3) is 0 Å². The lowest BCUT2D eigenvalue weighted by Gasteiger charge is -2.22. The Labute approximate surface area is 115 Å². The molecule has 2 aliphatic carbocycles. The van der Waals surface area contributed by atoms with E-state index >= 15 is 0 Å². The molecule has 0 aliphatic heterocycles. The van der Waals surface area contributed by atoms with Gasteiger partial charge < -0.3 is 4.57 Å². The number of hydrogen-bond donors (Lipinski definition) is 0. The molecule has 0 unspecified atom stereocenters. The number of aryl methyl sites for hydroxylation is 1. The summed E-state index contributed by atoms with van der Waals surface area (Å²) in [7, 11) is 0. The highest BCUT2D eigenvalue weighted by atomic mass is 16.1. The van der Waals surface area contributed by atoms with Gasteiger partial charge in [-0.25, -0.2) is 0 Å². The van der Waals surface area contributed by atoms with Gasteiger partial charge in [-0.2, -0.15) is 0 Å². The van der Waals surface area contributed by atoms with Crippen molar-refractivity contribution >= 4 is 5.78 Å². The molecule has 1 heterocycles. The van der Waals surface area contributed by atoms with Crippen LogP contribution >= 0.6 is 0 Å². The van der Waals surface area contributed by atoms with E-state index in [0.717, 1.165) is 50.5 Å². The molecule has 1 saturated carbocycles. The summed E-state index contributed by atoms with van der Waals surface area (Å²) in [5, 5.41) is 0. The van der Waals surface area contributed by atoms with E-state index in [9.17, 15) is 4.79 Å². The summed E-state index contributed by atoms with van der Waals surface area (Å²) in [5.41, 5.74) is 3.55. The molecule has 1 aromatic heterocycles. The van der Waals surface area contributed by atoms with Crippen molar-refractivity contribution in [2.45, 2.75) is 58.5 Å². The monoisotopic (exact) mass is 260 g/mol. The van der Waals surface area contributed by atoms with E-state index in [1.165, 1.54) is 24.2 Å². The average Bonchev–Trinajstić information content (AvgIpc) is 3.17. The summed E-state index contributed by atoms with van der Waals surface area (Å²) in [4.78, 5) is 14.5. The number of Topliss-reactive ketones (excluding diaryl/α,β-unsaturated/α-hetero) is 1. The zero-order valence-electron chi connectivity index (χ0n) is 12.1. The van der Waals surface area contributed by atoms with E-state index in [2.05, 4.69) is 29.4 Å². The minimum Gasteiger partial charge on any atom is -0.347 e. The number of ketones is 1. The third kappa shape index (κ3) is 2.48. The standard InChI is InChI=1S/C16H24N2O/c1-3-17(13-7-8-13)9-10-18-12(2)11-14-15(18)5-4-6-16(14)19/h11,13H,3-10H2,1-2H3. The molecule has 0 N–H and O–H groups in total. The van der Waals surface area contributed by atoms with Crippen molar-refractivity contribution in [2.24, 2.45) is 0 Å². The summed E-state index contributed by atoms with van der Waals surface area (Å²) in [6.07, 6.45) is 5.57. The van der Waals surface area contributed by atoms with E-state index in [4.69, 9.17) is 0 Å². The largest absolute Gasteiger partial charge is 0.347 e. The third-order valence-electron chi connectivity index (χ3n) is 4.61. The number of fused-ring (bicyclic) bond motifs is 1. The van der Waals surface area contributed by atoms with Gasteiger partial charge in [-0.05, 0) is 45.2 Å². The molecule has 3 rings (SSSR count). The van der Waals surface area contributed by atoms with Gasteiger partial charge in [0.05, 0.1) is 0 Å². The first-order valence-corrected chi connectivity index (χ1v) is 7.67. The second-order valence-corrected chi connectivity index (χ2v) is 5.93. The summed E-state index contributed by atoms with van der Waals surface area (Å²) in [5.74, 6) is 0.345. The lowest BCUT2D eigenvalue weighted by atomic mass is 9.97. The normalized spacial score (nSPS) is 19.0. The third-order valence-corrected chi connectivity index (χ3v) is 4.61. The molecule has 0 saturated heterocycles. The molecule has 0 atom stereocenters.